The number of amides is 1. The molecule has 26 heavy (non-hydrogen) atoms. The fraction of sp³-hybridized carbons (Fsp3) is 0.474. The SMILES string of the molecule is COC[C@@H]1CC(F)(F)CN1C1CN(C(=O)c2ccc3ncccc3c2)C1. The van der Waals surface area contributed by atoms with Crippen LogP contribution in [0.1, 0.15) is 16.8 Å². The van der Waals surface area contributed by atoms with Crippen LogP contribution in [-0.4, -0.2) is 72.0 Å². The van der Waals surface area contributed by atoms with Crippen LogP contribution < -0.4 is 0 Å². The molecule has 1 amide bonds. The molecule has 7 heteroatoms. The number of carbonyl (C=O) groups excluding carboxylic acids is 1. The number of hydrogen-bond donors (Lipinski definition) is 0. The molecule has 2 aliphatic rings. The summed E-state index contributed by atoms with van der Waals surface area (Å²) in [4.78, 5) is 20.4. The van der Waals surface area contributed by atoms with E-state index in [0.717, 1.165) is 10.9 Å². The Morgan fingerprint density at radius 1 is 1.35 bits per heavy atom. The topological polar surface area (TPSA) is 45.7 Å². The molecule has 4 rings (SSSR count). The highest BCUT2D eigenvalue weighted by atomic mass is 19.3. The lowest BCUT2D eigenvalue weighted by Gasteiger charge is -2.45. The van der Waals surface area contributed by atoms with Gasteiger partial charge in [0.25, 0.3) is 11.8 Å². The van der Waals surface area contributed by atoms with E-state index in [1.807, 2.05) is 24.3 Å². The molecular weight excluding hydrogens is 340 g/mol. The molecule has 2 aliphatic heterocycles. The molecule has 2 fully saturated rings. The Hall–Kier alpha value is -2.12. The molecule has 3 heterocycles. The van der Waals surface area contributed by atoms with Gasteiger partial charge in [-0.1, -0.05) is 6.07 Å². The summed E-state index contributed by atoms with van der Waals surface area (Å²) in [6.45, 7) is 0.980. The smallest absolute Gasteiger partial charge is 0.262 e. The number of benzene rings is 1. The molecule has 2 saturated heterocycles. The normalized spacial score (nSPS) is 23.3. The first-order valence-electron chi connectivity index (χ1n) is 8.73. The Kier molecular flexibility index (Phi) is 4.36. The van der Waals surface area contributed by atoms with Gasteiger partial charge in [0.15, 0.2) is 0 Å². The summed E-state index contributed by atoms with van der Waals surface area (Å²) in [7, 11) is 1.53. The maximum atomic E-state index is 13.8. The van der Waals surface area contributed by atoms with Crippen molar-refractivity contribution < 1.29 is 18.3 Å². The number of hydrogen-bond acceptors (Lipinski definition) is 4. The van der Waals surface area contributed by atoms with Crippen molar-refractivity contribution in [3.63, 3.8) is 0 Å². The Morgan fingerprint density at radius 3 is 2.92 bits per heavy atom. The van der Waals surface area contributed by atoms with Gasteiger partial charge < -0.3 is 9.64 Å². The van der Waals surface area contributed by atoms with Crippen LogP contribution in [0.4, 0.5) is 8.78 Å². The maximum Gasteiger partial charge on any atom is 0.262 e. The number of rotatable bonds is 4. The zero-order chi connectivity index (χ0) is 18.3. The quantitative estimate of drug-likeness (QED) is 0.839. The molecule has 1 aromatic heterocycles. The first-order chi connectivity index (χ1) is 12.5. The summed E-state index contributed by atoms with van der Waals surface area (Å²) < 4.78 is 32.6. The molecule has 0 unspecified atom stereocenters. The number of pyridine rings is 1. The molecule has 5 nitrogen and oxygen atoms in total. The van der Waals surface area contributed by atoms with Crippen LogP contribution in [0.25, 0.3) is 10.9 Å². The lowest BCUT2D eigenvalue weighted by atomic mass is 10.0. The van der Waals surface area contributed by atoms with Crippen molar-refractivity contribution >= 4 is 16.8 Å². The van der Waals surface area contributed by atoms with Gasteiger partial charge in [-0.25, -0.2) is 8.78 Å². The molecule has 0 saturated carbocycles. The van der Waals surface area contributed by atoms with Gasteiger partial charge in [-0.2, -0.15) is 0 Å². The number of nitrogens with zero attached hydrogens (tertiary/aromatic N) is 3. The van der Waals surface area contributed by atoms with Gasteiger partial charge in [-0.05, 0) is 24.3 Å². The van der Waals surface area contributed by atoms with Gasteiger partial charge in [0, 0.05) is 55.9 Å². The molecule has 0 N–H and O–H groups in total. The molecule has 1 aromatic carbocycles. The first-order valence-corrected chi connectivity index (χ1v) is 8.73. The maximum absolute atomic E-state index is 13.8. The van der Waals surface area contributed by atoms with Crippen molar-refractivity contribution in [3.05, 3.63) is 42.1 Å². The predicted molar refractivity (Wildman–Crippen MR) is 93.4 cm³/mol. The van der Waals surface area contributed by atoms with E-state index in [9.17, 15) is 13.6 Å². The number of likely N-dealkylation sites (tertiary alicyclic amines) is 2. The molecule has 0 bridgehead atoms. The van der Waals surface area contributed by atoms with Crippen molar-refractivity contribution in [2.75, 3.05) is 33.4 Å². The van der Waals surface area contributed by atoms with Gasteiger partial charge in [-0.15, -0.1) is 0 Å². The Morgan fingerprint density at radius 2 is 2.15 bits per heavy atom. The fourth-order valence-corrected chi connectivity index (χ4v) is 3.92. The van der Waals surface area contributed by atoms with Crippen molar-refractivity contribution in [2.24, 2.45) is 0 Å². The Labute approximate surface area is 150 Å². The summed E-state index contributed by atoms with van der Waals surface area (Å²) in [5, 5.41) is 0.912. The number of fused-ring (bicyclic) bond motifs is 1. The summed E-state index contributed by atoms with van der Waals surface area (Å²) >= 11 is 0. The zero-order valence-electron chi connectivity index (χ0n) is 14.6. The highest BCUT2D eigenvalue weighted by molar-refractivity contribution is 5.98. The summed E-state index contributed by atoms with van der Waals surface area (Å²) in [5.41, 5.74) is 1.44. The van der Waals surface area contributed by atoms with Crippen molar-refractivity contribution in [2.45, 2.75) is 24.4 Å². The lowest BCUT2D eigenvalue weighted by Crippen LogP contribution is -2.62. The third kappa shape index (κ3) is 3.17. The summed E-state index contributed by atoms with van der Waals surface area (Å²) in [6.07, 6.45) is 1.54. The van der Waals surface area contributed by atoms with Crippen LogP contribution in [0.5, 0.6) is 0 Å². The van der Waals surface area contributed by atoms with Crippen LogP contribution in [0.15, 0.2) is 36.5 Å². The number of halogens is 2. The van der Waals surface area contributed by atoms with Crippen LogP contribution in [0.3, 0.4) is 0 Å². The van der Waals surface area contributed by atoms with E-state index in [1.54, 1.807) is 22.1 Å². The second-order valence-electron chi connectivity index (χ2n) is 7.12. The zero-order valence-corrected chi connectivity index (χ0v) is 14.6. The first kappa shape index (κ1) is 17.3. The van der Waals surface area contributed by atoms with Crippen LogP contribution in [-0.2, 0) is 4.74 Å². The minimum absolute atomic E-state index is 0.0328. The van der Waals surface area contributed by atoms with Gasteiger partial charge >= 0.3 is 0 Å². The molecule has 138 valence electrons. The number of alkyl halides is 2. The van der Waals surface area contributed by atoms with Gasteiger partial charge in [0.05, 0.1) is 18.7 Å². The second kappa shape index (κ2) is 6.55. The van der Waals surface area contributed by atoms with Gasteiger partial charge in [0.1, 0.15) is 0 Å². The predicted octanol–water partition coefficient (Wildman–Crippen LogP) is 2.42. The van der Waals surface area contributed by atoms with E-state index in [2.05, 4.69) is 4.98 Å². The standard InChI is InChI=1S/C19H21F2N3O2/c1-26-11-15-8-19(20,21)12-24(15)16-9-23(10-16)18(25)14-4-5-17-13(7-14)3-2-6-22-17/h2-7,15-16H,8-12H2,1H3/t15-/m0/s1. The average molecular weight is 361 g/mol. The molecule has 1 atom stereocenters. The van der Waals surface area contributed by atoms with Crippen molar-refractivity contribution in [1.29, 1.82) is 0 Å². The van der Waals surface area contributed by atoms with E-state index in [4.69, 9.17) is 4.74 Å². The number of carbonyl (C=O) groups is 1. The molecule has 0 radical (unpaired) electrons. The minimum atomic E-state index is -2.68. The van der Waals surface area contributed by atoms with Crippen LogP contribution in [0.2, 0.25) is 0 Å². The fourth-order valence-electron chi connectivity index (χ4n) is 3.92. The van der Waals surface area contributed by atoms with E-state index >= 15 is 0 Å². The van der Waals surface area contributed by atoms with E-state index in [-0.39, 0.29) is 37.6 Å². The third-order valence-electron chi connectivity index (χ3n) is 5.24. The van der Waals surface area contributed by atoms with E-state index in [0.29, 0.717) is 18.7 Å². The monoisotopic (exact) mass is 361 g/mol. The van der Waals surface area contributed by atoms with Crippen LogP contribution >= 0.6 is 0 Å². The highest BCUT2D eigenvalue weighted by Crippen LogP contribution is 2.35. The summed E-state index contributed by atoms with van der Waals surface area (Å²) in [6, 6.07) is 8.85. The molecule has 2 aromatic rings. The Balaban J connectivity index is 1.42. The molecule has 0 aliphatic carbocycles. The number of aromatic nitrogens is 1. The highest BCUT2D eigenvalue weighted by Gasteiger charge is 2.50. The van der Waals surface area contributed by atoms with Crippen molar-refractivity contribution in [1.82, 2.24) is 14.8 Å². The van der Waals surface area contributed by atoms with Crippen molar-refractivity contribution in [3.8, 4) is 0 Å². The van der Waals surface area contributed by atoms with E-state index in [1.165, 1.54) is 7.11 Å². The number of ether oxygens (including phenoxy) is 1. The number of methoxy groups -OCH3 is 1. The van der Waals surface area contributed by atoms with Gasteiger partial charge in [0.2, 0.25) is 0 Å². The minimum Gasteiger partial charge on any atom is -0.383 e. The third-order valence-corrected chi connectivity index (χ3v) is 5.24. The Bertz CT molecular complexity index is 823. The molecule has 0 spiro atoms. The largest absolute Gasteiger partial charge is 0.383 e. The van der Waals surface area contributed by atoms with Gasteiger partial charge in [-0.3, -0.25) is 14.7 Å². The average Bonchev–Trinajstić information content (AvgIpc) is 2.87. The molecular formula is C19H21F2N3O2. The van der Waals surface area contributed by atoms with Crippen LogP contribution in [0, 0.1) is 0 Å². The second-order valence-corrected chi connectivity index (χ2v) is 7.12. The van der Waals surface area contributed by atoms with E-state index < -0.39 is 5.92 Å². The summed E-state index contributed by atoms with van der Waals surface area (Å²) in [5.74, 6) is -2.75. The lowest BCUT2D eigenvalue weighted by molar-refractivity contribution is -0.0136.